The van der Waals surface area contributed by atoms with E-state index in [4.69, 9.17) is 4.74 Å². The molecule has 25 heavy (non-hydrogen) atoms. The third-order valence-corrected chi connectivity index (χ3v) is 3.32. The van der Waals surface area contributed by atoms with Gasteiger partial charge in [-0.3, -0.25) is 5.10 Å². The minimum atomic E-state index is -0.530. The van der Waals surface area contributed by atoms with Crippen LogP contribution in [0.1, 0.15) is 27.6 Å². The molecule has 0 atom stereocenters. The van der Waals surface area contributed by atoms with Crippen LogP contribution < -0.4 is 5.32 Å². The fourth-order valence-corrected chi connectivity index (χ4v) is 2.16. The van der Waals surface area contributed by atoms with Crippen LogP contribution in [0.5, 0.6) is 0 Å². The van der Waals surface area contributed by atoms with E-state index in [1.54, 1.807) is 6.08 Å². The molecule has 0 saturated heterocycles. The van der Waals surface area contributed by atoms with Gasteiger partial charge in [0.25, 0.3) is 0 Å². The van der Waals surface area contributed by atoms with Crippen molar-refractivity contribution in [1.29, 1.82) is 0 Å². The summed E-state index contributed by atoms with van der Waals surface area (Å²) >= 11 is 0. The molecular formula is C18H17N5O2. The predicted molar refractivity (Wildman–Crippen MR) is 95.3 cm³/mol. The highest BCUT2D eigenvalue weighted by molar-refractivity contribution is 5.88. The van der Waals surface area contributed by atoms with E-state index in [1.165, 1.54) is 13.2 Å². The second-order valence-electron chi connectivity index (χ2n) is 5.29. The molecule has 3 rings (SSSR count). The Morgan fingerprint density at radius 2 is 1.92 bits per heavy atom. The van der Waals surface area contributed by atoms with Gasteiger partial charge in [-0.25, -0.2) is 14.8 Å². The minimum absolute atomic E-state index is 0.167. The third kappa shape index (κ3) is 4.29. The first-order valence-electron chi connectivity index (χ1n) is 7.63. The van der Waals surface area contributed by atoms with Crippen LogP contribution >= 0.6 is 0 Å². The summed E-state index contributed by atoms with van der Waals surface area (Å²) in [6, 6.07) is 13.1. The first kappa shape index (κ1) is 16.4. The zero-order valence-corrected chi connectivity index (χ0v) is 13.9. The number of carbonyl (C=O) groups is 1. The number of aryl methyl sites for hydroxylation is 1. The molecule has 0 aliphatic rings. The van der Waals surface area contributed by atoms with Gasteiger partial charge in [0.1, 0.15) is 5.82 Å². The Bertz CT molecular complexity index is 903. The van der Waals surface area contributed by atoms with Crippen LogP contribution in [0.15, 0.2) is 42.5 Å². The lowest BCUT2D eigenvalue weighted by atomic mass is 10.2. The highest BCUT2D eigenvalue weighted by Gasteiger charge is 2.12. The molecule has 0 spiro atoms. The summed E-state index contributed by atoms with van der Waals surface area (Å²) in [6.07, 6.45) is 3.61. The van der Waals surface area contributed by atoms with Gasteiger partial charge in [-0.05, 0) is 18.6 Å². The van der Waals surface area contributed by atoms with Gasteiger partial charge < -0.3 is 10.1 Å². The average Bonchev–Trinajstić information content (AvgIpc) is 3.04. The number of carbonyl (C=O) groups excluding carboxylic acids is 1. The first-order valence-corrected chi connectivity index (χ1v) is 7.63. The second kappa shape index (κ2) is 7.39. The van der Waals surface area contributed by atoms with Crippen molar-refractivity contribution in [3.63, 3.8) is 0 Å². The van der Waals surface area contributed by atoms with E-state index < -0.39 is 5.97 Å². The summed E-state index contributed by atoms with van der Waals surface area (Å²) < 4.78 is 4.76. The molecule has 0 bridgehead atoms. The molecule has 2 heterocycles. The summed E-state index contributed by atoms with van der Waals surface area (Å²) in [4.78, 5) is 20.5. The molecule has 0 unspecified atom stereocenters. The molecular weight excluding hydrogens is 318 g/mol. The van der Waals surface area contributed by atoms with Gasteiger partial charge in [-0.1, -0.05) is 36.4 Å². The molecule has 7 heteroatoms. The van der Waals surface area contributed by atoms with E-state index in [-0.39, 0.29) is 5.69 Å². The van der Waals surface area contributed by atoms with E-state index >= 15 is 0 Å². The number of methoxy groups -OCH3 is 1. The Labute approximate surface area is 144 Å². The van der Waals surface area contributed by atoms with Crippen molar-refractivity contribution in [1.82, 2.24) is 20.2 Å². The SMILES string of the molecule is COC(=O)c1cc(Nc2cc(C)[nH]n2)nc(/C=C/c2ccccc2)n1. The lowest BCUT2D eigenvalue weighted by Gasteiger charge is -2.06. The summed E-state index contributed by atoms with van der Waals surface area (Å²) in [7, 11) is 1.31. The number of anilines is 2. The molecule has 7 nitrogen and oxygen atoms in total. The fourth-order valence-electron chi connectivity index (χ4n) is 2.16. The molecule has 0 saturated carbocycles. The maximum atomic E-state index is 11.9. The second-order valence-corrected chi connectivity index (χ2v) is 5.29. The van der Waals surface area contributed by atoms with Crippen LogP contribution in [-0.4, -0.2) is 33.2 Å². The number of hydrogen-bond acceptors (Lipinski definition) is 6. The third-order valence-electron chi connectivity index (χ3n) is 3.32. The molecule has 2 N–H and O–H groups in total. The quantitative estimate of drug-likeness (QED) is 0.696. The number of ether oxygens (including phenoxy) is 1. The van der Waals surface area contributed by atoms with Gasteiger partial charge in [0.05, 0.1) is 7.11 Å². The van der Waals surface area contributed by atoms with Gasteiger partial charge in [0.2, 0.25) is 0 Å². The molecule has 2 aromatic heterocycles. The average molecular weight is 335 g/mol. The topological polar surface area (TPSA) is 92.8 Å². The number of aromatic nitrogens is 4. The zero-order chi connectivity index (χ0) is 17.6. The summed E-state index contributed by atoms with van der Waals surface area (Å²) in [5.74, 6) is 0.916. The van der Waals surface area contributed by atoms with Gasteiger partial charge in [-0.2, -0.15) is 5.10 Å². The molecule has 3 aromatic rings. The van der Waals surface area contributed by atoms with Crippen molar-refractivity contribution in [2.24, 2.45) is 0 Å². The Balaban J connectivity index is 1.92. The Hall–Kier alpha value is -3.48. The normalized spacial score (nSPS) is 10.8. The standard InChI is InChI=1S/C18H17N5O2/c1-12-10-17(23-22-12)21-16-11-14(18(24)25-2)19-15(20-16)9-8-13-6-4-3-5-7-13/h3-11H,1-2H3,(H2,19,20,21,22,23)/b9-8+. The maximum Gasteiger partial charge on any atom is 0.356 e. The van der Waals surface area contributed by atoms with Crippen molar-refractivity contribution >= 4 is 29.8 Å². The number of benzene rings is 1. The molecule has 0 radical (unpaired) electrons. The Morgan fingerprint density at radius 3 is 2.60 bits per heavy atom. The molecule has 126 valence electrons. The van der Waals surface area contributed by atoms with Gasteiger partial charge in [-0.15, -0.1) is 0 Å². The maximum absolute atomic E-state index is 11.9. The zero-order valence-electron chi connectivity index (χ0n) is 13.9. The lowest BCUT2D eigenvalue weighted by Crippen LogP contribution is -2.08. The molecule has 1 aromatic carbocycles. The Kier molecular flexibility index (Phi) is 4.84. The van der Waals surface area contributed by atoms with Crippen molar-refractivity contribution < 1.29 is 9.53 Å². The number of esters is 1. The van der Waals surface area contributed by atoms with Crippen LogP contribution in [0.3, 0.4) is 0 Å². The first-order chi connectivity index (χ1) is 12.1. The van der Waals surface area contributed by atoms with Crippen LogP contribution in [0, 0.1) is 6.92 Å². The van der Waals surface area contributed by atoms with Gasteiger partial charge >= 0.3 is 5.97 Å². The highest BCUT2D eigenvalue weighted by Crippen LogP contribution is 2.16. The van der Waals surface area contributed by atoms with Gasteiger partial charge in [0.15, 0.2) is 17.3 Å². The van der Waals surface area contributed by atoms with E-state index in [1.807, 2.05) is 49.4 Å². The van der Waals surface area contributed by atoms with Gasteiger partial charge in [0, 0.05) is 17.8 Å². The van der Waals surface area contributed by atoms with E-state index in [9.17, 15) is 4.79 Å². The number of nitrogens with zero attached hydrogens (tertiary/aromatic N) is 3. The van der Waals surface area contributed by atoms with Crippen LogP contribution in [0.4, 0.5) is 11.6 Å². The van der Waals surface area contributed by atoms with Crippen molar-refractivity contribution in [2.75, 3.05) is 12.4 Å². The van der Waals surface area contributed by atoms with Crippen molar-refractivity contribution in [2.45, 2.75) is 6.92 Å². The fraction of sp³-hybridized carbons (Fsp3) is 0.111. The summed E-state index contributed by atoms with van der Waals surface area (Å²) in [5, 5.41) is 9.98. The molecule has 0 fully saturated rings. The van der Waals surface area contributed by atoms with Crippen LogP contribution in [0.2, 0.25) is 0 Å². The minimum Gasteiger partial charge on any atom is -0.464 e. The number of hydrogen-bond donors (Lipinski definition) is 2. The molecule has 0 aliphatic heterocycles. The monoisotopic (exact) mass is 335 g/mol. The van der Waals surface area contributed by atoms with E-state index in [0.717, 1.165) is 11.3 Å². The molecule has 0 amide bonds. The highest BCUT2D eigenvalue weighted by atomic mass is 16.5. The number of H-pyrrole nitrogens is 1. The van der Waals surface area contributed by atoms with Crippen molar-refractivity contribution in [3.8, 4) is 0 Å². The number of rotatable bonds is 5. The van der Waals surface area contributed by atoms with Crippen LogP contribution in [0.25, 0.3) is 12.2 Å². The van der Waals surface area contributed by atoms with E-state index in [2.05, 4.69) is 25.5 Å². The number of nitrogens with one attached hydrogen (secondary N) is 2. The van der Waals surface area contributed by atoms with Crippen LogP contribution in [-0.2, 0) is 4.74 Å². The lowest BCUT2D eigenvalue weighted by molar-refractivity contribution is 0.0594. The summed E-state index contributed by atoms with van der Waals surface area (Å²) in [5.41, 5.74) is 2.08. The van der Waals surface area contributed by atoms with E-state index in [0.29, 0.717) is 17.5 Å². The smallest absolute Gasteiger partial charge is 0.356 e. The largest absolute Gasteiger partial charge is 0.464 e. The van der Waals surface area contributed by atoms with Crippen molar-refractivity contribution in [3.05, 3.63) is 65.2 Å². The summed E-state index contributed by atoms with van der Waals surface area (Å²) in [6.45, 7) is 1.89. The predicted octanol–water partition coefficient (Wildman–Crippen LogP) is 3.21. The molecule has 0 aliphatic carbocycles. The number of aromatic amines is 1. The Morgan fingerprint density at radius 1 is 1.12 bits per heavy atom.